The topological polar surface area (TPSA) is 38.7 Å². The maximum atomic E-state index is 10.3. The van der Waals surface area contributed by atoms with Crippen molar-refractivity contribution in [1.29, 1.82) is 0 Å². The molecule has 0 aliphatic carbocycles. The molecule has 0 saturated heterocycles. The second-order valence-electron chi connectivity index (χ2n) is 5.86. The van der Waals surface area contributed by atoms with Crippen LogP contribution in [0.25, 0.3) is 0 Å². The first kappa shape index (κ1) is 24.4. The van der Waals surface area contributed by atoms with Crippen LogP contribution in [0.5, 0.6) is 0 Å². The third-order valence-corrected chi connectivity index (χ3v) is 7.16. The Bertz CT molecular complexity index is 300. The third kappa shape index (κ3) is 10.8. The zero-order valence-corrected chi connectivity index (χ0v) is 18.2. The van der Waals surface area contributed by atoms with Gasteiger partial charge in [0, 0.05) is 21.8 Å². The number of hydrogen-bond acceptors (Lipinski definition) is 3. The Morgan fingerprint density at radius 2 is 1.36 bits per heavy atom. The minimum Gasteiger partial charge on any atom is -0.399 e. The van der Waals surface area contributed by atoms with Crippen molar-refractivity contribution in [3.8, 4) is 0 Å². The monoisotopic (exact) mass is 441 g/mol. The van der Waals surface area contributed by atoms with Crippen LogP contribution in [0.2, 0.25) is 0 Å². The maximum absolute atomic E-state index is 10.3. The second-order valence-corrected chi connectivity index (χ2v) is 8.21. The van der Waals surface area contributed by atoms with Gasteiger partial charge < -0.3 is 9.63 Å². The molecule has 0 aromatic carbocycles. The Morgan fingerprint density at radius 1 is 0.955 bits per heavy atom. The highest BCUT2D eigenvalue weighted by molar-refractivity contribution is 9.09. The van der Waals surface area contributed by atoms with Crippen LogP contribution in [0.4, 0.5) is 0 Å². The summed E-state index contributed by atoms with van der Waals surface area (Å²) in [4.78, 5) is 16.0. The normalized spacial score (nSPS) is 19.3. The predicted octanol–water partition coefficient (Wildman–Crippen LogP) is 5.70. The summed E-state index contributed by atoms with van der Waals surface area (Å²) in [6, 6.07) is 0. The van der Waals surface area contributed by atoms with Crippen LogP contribution in [0.3, 0.4) is 0 Å². The van der Waals surface area contributed by atoms with E-state index in [0.29, 0.717) is 27.4 Å². The minimum atomic E-state index is 0.171. The quantitative estimate of drug-likeness (QED) is 0.199. The average Bonchev–Trinajstić information content (AvgIpc) is 2.56. The van der Waals surface area contributed by atoms with Crippen LogP contribution in [-0.4, -0.2) is 29.3 Å². The molecule has 22 heavy (non-hydrogen) atoms. The molecule has 0 saturated carbocycles. The molecule has 0 aromatic rings. The van der Waals surface area contributed by atoms with Gasteiger partial charge in [-0.3, -0.25) is 0 Å². The van der Waals surface area contributed by atoms with Crippen molar-refractivity contribution >= 4 is 44.4 Å². The van der Waals surface area contributed by atoms with E-state index in [9.17, 15) is 4.79 Å². The van der Waals surface area contributed by atoms with Crippen LogP contribution in [-0.2, 0) is 9.63 Å². The van der Waals surface area contributed by atoms with E-state index in [4.69, 9.17) is 0 Å². The van der Waals surface area contributed by atoms with Crippen LogP contribution < -0.4 is 0 Å². The fourth-order valence-electron chi connectivity index (χ4n) is 1.82. The van der Waals surface area contributed by atoms with Crippen molar-refractivity contribution in [1.82, 2.24) is 0 Å². The molecule has 0 N–H and O–H groups in total. The Labute approximate surface area is 153 Å². The molecule has 0 amide bonds. The van der Waals surface area contributed by atoms with E-state index in [-0.39, 0.29) is 5.92 Å². The zero-order valence-electron chi connectivity index (χ0n) is 15.1. The largest absolute Gasteiger partial charge is 0.399 e. The molecule has 132 valence electrons. The summed E-state index contributed by atoms with van der Waals surface area (Å²) < 4.78 is 0. The number of halogens is 2. The van der Waals surface area contributed by atoms with Gasteiger partial charge in [0.05, 0.1) is 0 Å². The Kier molecular flexibility index (Phi) is 16.2. The van der Waals surface area contributed by atoms with Gasteiger partial charge in [0.25, 0.3) is 0 Å². The molecule has 0 heterocycles. The number of nitrogens with zero attached hydrogens (tertiary/aromatic N) is 1. The van der Waals surface area contributed by atoms with Gasteiger partial charge in [-0.1, -0.05) is 78.6 Å². The molecule has 6 atom stereocenters. The highest BCUT2D eigenvalue weighted by Crippen LogP contribution is 2.23. The Morgan fingerprint density at radius 3 is 1.68 bits per heavy atom. The van der Waals surface area contributed by atoms with Crippen molar-refractivity contribution in [2.24, 2.45) is 28.8 Å². The van der Waals surface area contributed by atoms with Gasteiger partial charge in [0.15, 0.2) is 0 Å². The molecule has 0 bridgehead atoms. The Balaban J connectivity index is 0. The molecule has 0 aliphatic heterocycles. The molecule has 0 aromatic heterocycles. The molecule has 0 radical (unpaired) electrons. The first-order chi connectivity index (χ1) is 10.3. The standard InChI is InChI=1S/C9H18BrNO.C8H15BrO/c1-5-9(10)8(3)7(2)6-11-12-4;1-4-8(9)7(3)6(2)5-10/h6-9H,5H2,1-4H3;5-8H,4H2,1-3H3/t7-,8+,9+;6-,7+,8+/m11/s1. The summed E-state index contributed by atoms with van der Waals surface area (Å²) >= 11 is 7.16. The van der Waals surface area contributed by atoms with E-state index in [1.54, 1.807) is 7.11 Å². The van der Waals surface area contributed by atoms with Crippen LogP contribution in [0, 0.1) is 23.7 Å². The predicted molar refractivity (Wildman–Crippen MR) is 104 cm³/mol. The molecule has 0 aliphatic rings. The molecular weight excluding hydrogens is 410 g/mol. The van der Waals surface area contributed by atoms with E-state index in [1.165, 1.54) is 0 Å². The molecular formula is C17H33Br2NO2. The van der Waals surface area contributed by atoms with E-state index in [1.807, 2.05) is 13.1 Å². The molecule has 0 rings (SSSR count). The molecule has 3 nitrogen and oxygen atoms in total. The fourth-order valence-corrected chi connectivity index (χ4v) is 2.78. The molecule has 5 heteroatoms. The third-order valence-electron chi connectivity index (χ3n) is 4.20. The lowest BCUT2D eigenvalue weighted by Gasteiger charge is -2.20. The first-order valence-corrected chi connectivity index (χ1v) is 9.89. The molecule has 0 fully saturated rings. The van der Waals surface area contributed by atoms with Crippen molar-refractivity contribution < 1.29 is 9.63 Å². The summed E-state index contributed by atoms with van der Waals surface area (Å²) in [5.74, 6) is 1.66. The van der Waals surface area contributed by atoms with E-state index in [0.717, 1.165) is 19.1 Å². The lowest BCUT2D eigenvalue weighted by atomic mass is 9.93. The first-order valence-electron chi connectivity index (χ1n) is 8.06. The number of hydrogen-bond donors (Lipinski definition) is 0. The zero-order chi connectivity index (χ0) is 17.7. The van der Waals surface area contributed by atoms with Crippen LogP contribution in [0.15, 0.2) is 5.16 Å². The summed E-state index contributed by atoms with van der Waals surface area (Å²) in [6.45, 7) is 12.7. The number of alkyl halides is 2. The van der Waals surface area contributed by atoms with Gasteiger partial charge >= 0.3 is 0 Å². The van der Waals surface area contributed by atoms with E-state index >= 15 is 0 Å². The van der Waals surface area contributed by atoms with E-state index < -0.39 is 0 Å². The number of carbonyl (C=O) groups is 1. The highest BCUT2D eigenvalue weighted by atomic mass is 79.9. The lowest BCUT2D eigenvalue weighted by Crippen LogP contribution is -2.19. The SMILES string of the molecule is CC[C@H](Br)[C@@H](C)[C@H](C)C=NOC.CC[C@H](Br)[C@@H](C)[C@H](C)C=O. The highest BCUT2D eigenvalue weighted by Gasteiger charge is 2.18. The van der Waals surface area contributed by atoms with Gasteiger partial charge in [-0.25, -0.2) is 0 Å². The maximum Gasteiger partial charge on any atom is 0.123 e. The summed E-state index contributed by atoms with van der Waals surface area (Å²) in [6.07, 6.45) is 5.11. The molecule has 0 unspecified atom stereocenters. The van der Waals surface area contributed by atoms with Gasteiger partial charge in [-0.05, 0) is 30.6 Å². The Hall–Kier alpha value is 0.1000. The number of oxime groups is 1. The van der Waals surface area contributed by atoms with Gasteiger partial charge in [-0.15, -0.1) is 0 Å². The number of carbonyl (C=O) groups excluding carboxylic acids is 1. The van der Waals surface area contributed by atoms with Crippen molar-refractivity contribution in [2.75, 3.05) is 7.11 Å². The minimum absolute atomic E-state index is 0.171. The van der Waals surface area contributed by atoms with Gasteiger partial charge in [-0.2, -0.15) is 0 Å². The smallest absolute Gasteiger partial charge is 0.123 e. The van der Waals surface area contributed by atoms with Crippen molar-refractivity contribution in [2.45, 2.75) is 64.0 Å². The number of aldehydes is 1. The van der Waals surface area contributed by atoms with Gasteiger partial charge in [0.2, 0.25) is 0 Å². The molecule has 0 spiro atoms. The lowest BCUT2D eigenvalue weighted by molar-refractivity contribution is -0.111. The van der Waals surface area contributed by atoms with Crippen LogP contribution in [0.1, 0.15) is 54.4 Å². The summed E-state index contributed by atoms with van der Waals surface area (Å²) in [5.41, 5.74) is 0. The summed E-state index contributed by atoms with van der Waals surface area (Å²) in [5, 5.41) is 3.76. The average molecular weight is 443 g/mol. The van der Waals surface area contributed by atoms with Crippen LogP contribution >= 0.6 is 31.9 Å². The number of rotatable bonds is 9. The van der Waals surface area contributed by atoms with Crippen molar-refractivity contribution in [3.63, 3.8) is 0 Å². The van der Waals surface area contributed by atoms with E-state index in [2.05, 4.69) is 76.5 Å². The van der Waals surface area contributed by atoms with Gasteiger partial charge in [0.1, 0.15) is 13.4 Å². The second kappa shape index (κ2) is 14.7. The summed E-state index contributed by atoms with van der Waals surface area (Å²) in [7, 11) is 1.57. The van der Waals surface area contributed by atoms with Crippen molar-refractivity contribution in [3.05, 3.63) is 0 Å². The fraction of sp³-hybridized carbons (Fsp3) is 0.882.